The second kappa shape index (κ2) is 10.2. The molecule has 2 aromatic carbocycles. The fourth-order valence-electron chi connectivity index (χ4n) is 3.48. The van der Waals surface area contributed by atoms with Gasteiger partial charge in [-0.05, 0) is 55.4 Å². The van der Waals surface area contributed by atoms with Crippen LogP contribution in [0.2, 0.25) is 0 Å². The van der Waals surface area contributed by atoms with Gasteiger partial charge < -0.3 is 15.0 Å². The lowest BCUT2D eigenvalue weighted by Gasteiger charge is -2.25. The third kappa shape index (κ3) is 6.17. The van der Waals surface area contributed by atoms with E-state index in [1.165, 1.54) is 6.26 Å². The molecule has 8 heteroatoms. The third-order valence-corrected chi connectivity index (χ3v) is 6.55. The van der Waals surface area contributed by atoms with Crippen LogP contribution in [0, 0.1) is 0 Å². The van der Waals surface area contributed by atoms with Gasteiger partial charge in [0.2, 0.25) is 0 Å². The lowest BCUT2D eigenvalue weighted by atomic mass is 10.2. The molecule has 3 rings (SSSR count). The maximum absolute atomic E-state index is 11.6. The summed E-state index contributed by atoms with van der Waals surface area (Å²) in [6.45, 7) is 6.97. The van der Waals surface area contributed by atoms with Crippen LogP contribution >= 0.6 is 12.2 Å². The van der Waals surface area contributed by atoms with Crippen LogP contribution in [-0.4, -0.2) is 62.4 Å². The van der Waals surface area contributed by atoms with E-state index in [-0.39, 0.29) is 0 Å². The largest absolute Gasteiger partial charge is 0.492 e. The van der Waals surface area contributed by atoms with E-state index in [1.807, 2.05) is 43.3 Å². The first kappa shape index (κ1) is 22.5. The molecular weight excluding hydrogens is 418 g/mol. The average Bonchev–Trinajstić information content (AvgIpc) is 2.95. The van der Waals surface area contributed by atoms with Gasteiger partial charge in [-0.3, -0.25) is 4.90 Å². The summed E-state index contributed by atoms with van der Waals surface area (Å²) in [7, 11) is -3.16. The van der Waals surface area contributed by atoms with Crippen LogP contribution in [0.3, 0.4) is 0 Å². The Morgan fingerprint density at radius 3 is 2.50 bits per heavy atom. The number of para-hydroxylation sites is 2. The number of hydrogen-bond donors (Lipinski definition) is 1. The van der Waals surface area contributed by atoms with Gasteiger partial charge in [0.1, 0.15) is 5.75 Å². The van der Waals surface area contributed by atoms with E-state index in [0.717, 1.165) is 56.1 Å². The van der Waals surface area contributed by atoms with E-state index in [4.69, 9.17) is 17.0 Å². The van der Waals surface area contributed by atoms with Crippen molar-refractivity contribution in [3.05, 3.63) is 54.1 Å². The molecule has 2 aromatic rings. The zero-order valence-corrected chi connectivity index (χ0v) is 19.1. The lowest BCUT2D eigenvalue weighted by molar-refractivity contribution is 0.278. The van der Waals surface area contributed by atoms with Gasteiger partial charge in [-0.25, -0.2) is 8.42 Å². The molecule has 1 aliphatic heterocycles. The van der Waals surface area contributed by atoms with Crippen LogP contribution in [0.15, 0.2) is 53.4 Å². The van der Waals surface area contributed by atoms with Crippen molar-refractivity contribution in [2.45, 2.75) is 24.8 Å². The number of ether oxygens (including phenoxy) is 1. The monoisotopic (exact) mass is 447 g/mol. The Labute approximate surface area is 184 Å². The van der Waals surface area contributed by atoms with Crippen LogP contribution < -0.4 is 10.1 Å². The molecule has 1 N–H and O–H groups in total. The van der Waals surface area contributed by atoms with Crippen molar-refractivity contribution in [1.29, 1.82) is 0 Å². The molecule has 0 aromatic heterocycles. The SMILES string of the molecule is CCOc1ccccc1NC(=S)N1CCCN(Cc2ccc(S(C)(=O)=O)cc2)CC1. The molecule has 30 heavy (non-hydrogen) atoms. The number of benzene rings is 2. The third-order valence-electron chi connectivity index (χ3n) is 5.06. The number of thiocarbonyl (C=S) groups is 1. The molecule has 0 saturated carbocycles. The second-order valence-electron chi connectivity index (χ2n) is 7.39. The van der Waals surface area contributed by atoms with Crippen molar-refractivity contribution in [3.8, 4) is 5.75 Å². The highest BCUT2D eigenvalue weighted by Gasteiger charge is 2.18. The number of sulfone groups is 1. The normalized spacial score (nSPS) is 15.5. The fraction of sp³-hybridized carbons (Fsp3) is 0.409. The molecule has 0 bridgehead atoms. The van der Waals surface area contributed by atoms with E-state index < -0.39 is 9.84 Å². The molecule has 0 atom stereocenters. The van der Waals surface area contributed by atoms with Gasteiger partial charge in [0.25, 0.3) is 0 Å². The van der Waals surface area contributed by atoms with Crippen molar-refractivity contribution in [2.24, 2.45) is 0 Å². The molecule has 1 aliphatic rings. The van der Waals surface area contributed by atoms with Crippen LogP contribution in [-0.2, 0) is 16.4 Å². The zero-order chi connectivity index (χ0) is 21.6. The smallest absolute Gasteiger partial charge is 0.175 e. The van der Waals surface area contributed by atoms with Gasteiger partial charge in [-0.2, -0.15) is 0 Å². The first-order valence-electron chi connectivity index (χ1n) is 10.2. The van der Waals surface area contributed by atoms with Crippen LogP contribution in [0.4, 0.5) is 5.69 Å². The number of nitrogens with one attached hydrogen (secondary N) is 1. The molecule has 0 spiro atoms. The summed E-state index contributed by atoms with van der Waals surface area (Å²) in [5.74, 6) is 0.802. The highest BCUT2D eigenvalue weighted by Crippen LogP contribution is 2.24. The van der Waals surface area contributed by atoms with Crippen LogP contribution in [0.5, 0.6) is 5.75 Å². The van der Waals surface area contributed by atoms with Crippen molar-refractivity contribution in [3.63, 3.8) is 0 Å². The number of rotatable bonds is 6. The van der Waals surface area contributed by atoms with Crippen molar-refractivity contribution >= 4 is 32.9 Å². The predicted octanol–water partition coefficient (Wildman–Crippen LogP) is 3.39. The highest BCUT2D eigenvalue weighted by molar-refractivity contribution is 7.90. The molecule has 1 heterocycles. The Morgan fingerprint density at radius 2 is 1.80 bits per heavy atom. The number of nitrogens with zero attached hydrogens (tertiary/aromatic N) is 2. The standard InChI is InChI=1S/C22H29N3O3S2/c1-3-28-21-8-5-4-7-20(21)23-22(29)25-14-6-13-24(15-16-25)17-18-9-11-19(12-10-18)30(2,26)27/h4-5,7-12H,3,6,13-17H2,1-2H3,(H,23,29). The van der Waals surface area contributed by atoms with Crippen molar-refractivity contribution < 1.29 is 13.2 Å². The summed E-state index contributed by atoms with van der Waals surface area (Å²) < 4.78 is 28.9. The van der Waals surface area contributed by atoms with Gasteiger partial charge >= 0.3 is 0 Å². The summed E-state index contributed by atoms with van der Waals surface area (Å²) in [4.78, 5) is 4.94. The van der Waals surface area contributed by atoms with Crippen LogP contribution in [0.1, 0.15) is 18.9 Å². The first-order chi connectivity index (χ1) is 14.4. The maximum Gasteiger partial charge on any atom is 0.175 e. The fourth-order valence-corrected chi connectivity index (χ4v) is 4.40. The average molecular weight is 448 g/mol. The lowest BCUT2D eigenvalue weighted by Crippen LogP contribution is -2.37. The molecule has 162 valence electrons. The molecule has 0 unspecified atom stereocenters. The Balaban J connectivity index is 1.56. The van der Waals surface area contributed by atoms with Gasteiger partial charge in [0.15, 0.2) is 14.9 Å². The molecule has 0 aliphatic carbocycles. The highest BCUT2D eigenvalue weighted by atomic mass is 32.2. The van der Waals surface area contributed by atoms with E-state index in [9.17, 15) is 8.42 Å². The molecule has 1 fully saturated rings. The Kier molecular flexibility index (Phi) is 7.69. The van der Waals surface area contributed by atoms with E-state index in [1.54, 1.807) is 12.1 Å². The Hall–Kier alpha value is -2.16. The quantitative estimate of drug-likeness (QED) is 0.681. The minimum atomic E-state index is -3.16. The predicted molar refractivity (Wildman–Crippen MR) is 125 cm³/mol. The number of hydrogen-bond acceptors (Lipinski definition) is 5. The molecule has 0 radical (unpaired) electrons. The van der Waals surface area contributed by atoms with E-state index in [2.05, 4.69) is 15.1 Å². The first-order valence-corrected chi connectivity index (χ1v) is 12.5. The Bertz CT molecular complexity index is 962. The molecular formula is C22H29N3O3S2. The number of anilines is 1. The minimum absolute atomic E-state index is 0.358. The summed E-state index contributed by atoms with van der Waals surface area (Å²) in [5.41, 5.74) is 2.00. The zero-order valence-electron chi connectivity index (χ0n) is 17.5. The van der Waals surface area contributed by atoms with Crippen molar-refractivity contribution in [2.75, 3.05) is 44.4 Å². The second-order valence-corrected chi connectivity index (χ2v) is 9.79. The molecule has 6 nitrogen and oxygen atoms in total. The molecule has 1 saturated heterocycles. The van der Waals surface area contributed by atoms with Crippen molar-refractivity contribution in [1.82, 2.24) is 9.80 Å². The van der Waals surface area contributed by atoms with Gasteiger partial charge in [0, 0.05) is 39.0 Å². The van der Waals surface area contributed by atoms with Gasteiger partial charge in [0.05, 0.1) is 17.2 Å². The topological polar surface area (TPSA) is 61.9 Å². The van der Waals surface area contributed by atoms with Gasteiger partial charge in [-0.1, -0.05) is 24.3 Å². The van der Waals surface area contributed by atoms with Gasteiger partial charge in [-0.15, -0.1) is 0 Å². The van der Waals surface area contributed by atoms with E-state index in [0.29, 0.717) is 16.6 Å². The summed E-state index contributed by atoms with van der Waals surface area (Å²) in [6.07, 6.45) is 2.24. The van der Waals surface area contributed by atoms with E-state index >= 15 is 0 Å². The van der Waals surface area contributed by atoms with Crippen LogP contribution in [0.25, 0.3) is 0 Å². The summed E-state index contributed by atoms with van der Waals surface area (Å²) >= 11 is 5.66. The Morgan fingerprint density at radius 1 is 1.07 bits per heavy atom. The minimum Gasteiger partial charge on any atom is -0.492 e. The summed E-state index contributed by atoms with van der Waals surface area (Å²) in [5, 5.41) is 4.04. The maximum atomic E-state index is 11.6. The molecule has 0 amide bonds. The summed E-state index contributed by atoms with van der Waals surface area (Å²) in [6, 6.07) is 15.0.